The van der Waals surface area contributed by atoms with Gasteiger partial charge in [-0.2, -0.15) is 0 Å². The maximum atomic E-state index is 3.93. The van der Waals surface area contributed by atoms with Crippen LogP contribution in [0.2, 0.25) is 0 Å². The Morgan fingerprint density at radius 2 is 1.79 bits per heavy atom. The second-order valence-corrected chi connectivity index (χ2v) is 7.48. The van der Waals surface area contributed by atoms with Crippen molar-refractivity contribution in [1.82, 2.24) is 10.2 Å². The molecule has 1 spiro atoms. The van der Waals surface area contributed by atoms with Gasteiger partial charge < -0.3 is 5.32 Å². The second kappa shape index (κ2) is 6.13. The topological polar surface area (TPSA) is 15.3 Å². The molecule has 1 aliphatic heterocycles. The van der Waals surface area contributed by atoms with Crippen LogP contribution < -0.4 is 5.32 Å². The Kier molecular flexibility index (Phi) is 4.94. The molecule has 2 heteroatoms. The summed E-state index contributed by atoms with van der Waals surface area (Å²) in [6.07, 6.45) is 6.92. The predicted molar refractivity (Wildman–Crippen MR) is 83.5 cm³/mol. The third kappa shape index (κ3) is 3.16. The summed E-state index contributed by atoms with van der Waals surface area (Å²) in [6.45, 7) is 14.5. The molecule has 2 aliphatic rings. The molecule has 0 radical (unpaired) electrons. The van der Waals surface area contributed by atoms with Gasteiger partial charge in [0.2, 0.25) is 0 Å². The van der Waals surface area contributed by atoms with Gasteiger partial charge in [0, 0.05) is 30.7 Å². The van der Waals surface area contributed by atoms with Crippen LogP contribution in [0.5, 0.6) is 0 Å². The molecule has 112 valence electrons. The van der Waals surface area contributed by atoms with E-state index in [-0.39, 0.29) is 0 Å². The second-order valence-electron chi connectivity index (χ2n) is 7.48. The minimum atomic E-state index is 0.451. The highest BCUT2D eigenvalue weighted by molar-refractivity contribution is 5.02. The van der Waals surface area contributed by atoms with E-state index in [0.717, 1.165) is 23.9 Å². The molecule has 1 N–H and O–H groups in total. The molecule has 19 heavy (non-hydrogen) atoms. The van der Waals surface area contributed by atoms with E-state index in [1.165, 1.54) is 45.2 Å². The van der Waals surface area contributed by atoms with Gasteiger partial charge in [-0.1, -0.05) is 47.0 Å². The average molecular weight is 266 g/mol. The Morgan fingerprint density at radius 1 is 1.16 bits per heavy atom. The fraction of sp³-hybridized carbons (Fsp3) is 1.00. The lowest BCUT2D eigenvalue weighted by molar-refractivity contribution is 0.00965. The third-order valence-electron chi connectivity index (χ3n) is 5.92. The number of piperazine rings is 1. The van der Waals surface area contributed by atoms with Crippen molar-refractivity contribution >= 4 is 0 Å². The van der Waals surface area contributed by atoms with Crippen molar-refractivity contribution in [2.24, 2.45) is 11.8 Å². The quantitative estimate of drug-likeness (QED) is 0.835. The molecule has 0 aromatic carbocycles. The first-order valence-corrected chi connectivity index (χ1v) is 8.50. The SMILES string of the molecule is CCC(C)C(C)N1CC2(CCCC2)NCC1C(C)C. The third-order valence-corrected chi connectivity index (χ3v) is 5.92. The molecule has 0 amide bonds. The minimum absolute atomic E-state index is 0.451. The summed E-state index contributed by atoms with van der Waals surface area (Å²) < 4.78 is 0. The zero-order valence-corrected chi connectivity index (χ0v) is 13.7. The Balaban J connectivity index is 2.12. The molecule has 1 heterocycles. The van der Waals surface area contributed by atoms with Crippen molar-refractivity contribution in [3.05, 3.63) is 0 Å². The number of hydrogen-bond acceptors (Lipinski definition) is 2. The maximum absolute atomic E-state index is 3.93. The molecular weight excluding hydrogens is 232 g/mol. The summed E-state index contributed by atoms with van der Waals surface area (Å²) in [7, 11) is 0. The van der Waals surface area contributed by atoms with Crippen molar-refractivity contribution in [2.75, 3.05) is 13.1 Å². The fourth-order valence-electron chi connectivity index (χ4n) is 4.08. The van der Waals surface area contributed by atoms with Gasteiger partial charge >= 0.3 is 0 Å². The lowest BCUT2D eigenvalue weighted by atomic mass is 9.86. The molecule has 0 bridgehead atoms. The van der Waals surface area contributed by atoms with Crippen molar-refractivity contribution in [1.29, 1.82) is 0 Å². The fourth-order valence-corrected chi connectivity index (χ4v) is 4.08. The van der Waals surface area contributed by atoms with Gasteiger partial charge in [0.05, 0.1) is 0 Å². The number of nitrogens with one attached hydrogen (secondary N) is 1. The van der Waals surface area contributed by atoms with E-state index in [1.54, 1.807) is 0 Å². The molecule has 0 aromatic rings. The summed E-state index contributed by atoms with van der Waals surface area (Å²) in [4.78, 5) is 2.85. The van der Waals surface area contributed by atoms with Crippen LogP contribution >= 0.6 is 0 Å². The molecular formula is C17H34N2. The zero-order valence-electron chi connectivity index (χ0n) is 13.7. The molecule has 1 saturated heterocycles. The van der Waals surface area contributed by atoms with Crippen molar-refractivity contribution in [2.45, 2.75) is 84.3 Å². The Bertz CT molecular complexity index is 281. The van der Waals surface area contributed by atoms with E-state index in [1.807, 2.05) is 0 Å². The molecule has 1 saturated carbocycles. The van der Waals surface area contributed by atoms with Gasteiger partial charge in [0.15, 0.2) is 0 Å². The van der Waals surface area contributed by atoms with Crippen LogP contribution in [-0.2, 0) is 0 Å². The van der Waals surface area contributed by atoms with Crippen LogP contribution in [0.3, 0.4) is 0 Å². The van der Waals surface area contributed by atoms with Crippen LogP contribution in [0.15, 0.2) is 0 Å². The van der Waals surface area contributed by atoms with Gasteiger partial charge in [0.25, 0.3) is 0 Å². The molecule has 2 nitrogen and oxygen atoms in total. The highest BCUT2D eigenvalue weighted by Crippen LogP contribution is 2.36. The summed E-state index contributed by atoms with van der Waals surface area (Å²) in [5.74, 6) is 1.55. The van der Waals surface area contributed by atoms with Gasteiger partial charge in [-0.05, 0) is 31.6 Å². The summed E-state index contributed by atoms with van der Waals surface area (Å²) in [5, 5.41) is 3.93. The van der Waals surface area contributed by atoms with Crippen molar-refractivity contribution < 1.29 is 0 Å². The van der Waals surface area contributed by atoms with Gasteiger partial charge in [-0.3, -0.25) is 4.90 Å². The van der Waals surface area contributed by atoms with Crippen LogP contribution in [0.1, 0.15) is 66.7 Å². The molecule has 1 aliphatic carbocycles. The largest absolute Gasteiger partial charge is 0.308 e. The summed E-state index contributed by atoms with van der Waals surface area (Å²) >= 11 is 0. The van der Waals surface area contributed by atoms with Crippen LogP contribution in [-0.4, -0.2) is 35.6 Å². The van der Waals surface area contributed by atoms with Crippen molar-refractivity contribution in [3.63, 3.8) is 0 Å². The van der Waals surface area contributed by atoms with E-state index in [4.69, 9.17) is 0 Å². The molecule has 3 atom stereocenters. The molecule has 0 aromatic heterocycles. The average Bonchev–Trinajstić information content (AvgIpc) is 2.84. The van der Waals surface area contributed by atoms with E-state index in [0.29, 0.717) is 5.54 Å². The highest BCUT2D eigenvalue weighted by atomic mass is 15.3. The number of nitrogens with zero attached hydrogens (tertiary/aromatic N) is 1. The zero-order chi connectivity index (χ0) is 14.0. The van der Waals surface area contributed by atoms with Crippen LogP contribution in [0, 0.1) is 11.8 Å². The van der Waals surface area contributed by atoms with Crippen LogP contribution in [0.25, 0.3) is 0 Å². The molecule has 2 rings (SSSR count). The first kappa shape index (κ1) is 15.3. The highest BCUT2D eigenvalue weighted by Gasteiger charge is 2.43. The number of rotatable bonds is 4. The standard InChI is InChI=1S/C17H34N2/c1-6-14(4)15(5)19-12-17(9-7-8-10-17)18-11-16(19)13(2)3/h13-16,18H,6-12H2,1-5H3. The molecule has 2 fully saturated rings. The monoisotopic (exact) mass is 266 g/mol. The molecule has 3 unspecified atom stereocenters. The Labute approximate surface area is 120 Å². The first-order chi connectivity index (χ1) is 8.99. The van der Waals surface area contributed by atoms with Gasteiger partial charge in [-0.25, -0.2) is 0 Å². The Hall–Kier alpha value is -0.0800. The van der Waals surface area contributed by atoms with E-state index < -0.39 is 0 Å². The lowest BCUT2D eigenvalue weighted by Gasteiger charge is -2.51. The number of hydrogen-bond donors (Lipinski definition) is 1. The smallest absolute Gasteiger partial charge is 0.0309 e. The van der Waals surface area contributed by atoms with E-state index >= 15 is 0 Å². The summed E-state index contributed by atoms with van der Waals surface area (Å²) in [5.41, 5.74) is 0.451. The summed E-state index contributed by atoms with van der Waals surface area (Å²) in [6, 6.07) is 1.44. The lowest BCUT2D eigenvalue weighted by Crippen LogP contribution is -2.66. The van der Waals surface area contributed by atoms with E-state index in [2.05, 4.69) is 44.8 Å². The van der Waals surface area contributed by atoms with Crippen molar-refractivity contribution in [3.8, 4) is 0 Å². The predicted octanol–water partition coefficient (Wildman–Crippen LogP) is 3.66. The normalized spacial score (nSPS) is 30.9. The van der Waals surface area contributed by atoms with Crippen LogP contribution in [0.4, 0.5) is 0 Å². The first-order valence-electron chi connectivity index (χ1n) is 8.50. The van der Waals surface area contributed by atoms with E-state index in [9.17, 15) is 0 Å². The minimum Gasteiger partial charge on any atom is -0.308 e. The van der Waals surface area contributed by atoms with Gasteiger partial charge in [0.1, 0.15) is 0 Å². The Morgan fingerprint density at radius 3 is 2.32 bits per heavy atom. The van der Waals surface area contributed by atoms with Gasteiger partial charge in [-0.15, -0.1) is 0 Å². The maximum Gasteiger partial charge on any atom is 0.0309 e.